The van der Waals surface area contributed by atoms with Crippen LogP contribution in [-0.2, 0) is 54.4 Å². The van der Waals surface area contributed by atoms with Gasteiger partial charge in [0, 0.05) is 77.7 Å². The van der Waals surface area contributed by atoms with Gasteiger partial charge in [0.1, 0.15) is 18.1 Å². The van der Waals surface area contributed by atoms with Crippen LogP contribution in [0.5, 0.6) is 0 Å². The molecule has 0 aromatic heterocycles. The van der Waals surface area contributed by atoms with Gasteiger partial charge in [-0.15, -0.1) is 0 Å². The minimum atomic E-state index is -1.48. The lowest BCUT2D eigenvalue weighted by Crippen LogP contribution is -2.51. The van der Waals surface area contributed by atoms with Gasteiger partial charge in [0.05, 0.1) is 32.8 Å². The Hall–Kier alpha value is -7.52. The number of rotatable bonds is 28. The summed E-state index contributed by atoms with van der Waals surface area (Å²) < 4.78 is 0. The van der Waals surface area contributed by atoms with Gasteiger partial charge in [-0.25, -0.2) is 19.9 Å². The van der Waals surface area contributed by atoms with Crippen LogP contribution in [0, 0.1) is 11.8 Å². The highest BCUT2D eigenvalue weighted by Crippen LogP contribution is 2.31. The number of hydrogen-bond acceptors (Lipinski definition) is 15. The second kappa shape index (κ2) is 31.8. The maximum absolute atomic E-state index is 14.1. The first-order valence-electron chi connectivity index (χ1n) is 26.4. The van der Waals surface area contributed by atoms with Crippen molar-refractivity contribution in [3.63, 3.8) is 0 Å². The smallest absolute Gasteiger partial charge is 0.326 e. The molecule has 0 radical (unpaired) electrons. The molecule has 5 amide bonds. The Bertz CT molecular complexity index is 2530. The molecule has 432 valence electrons. The minimum absolute atomic E-state index is 0.00395. The van der Waals surface area contributed by atoms with Gasteiger partial charge in [-0.2, -0.15) is 0 Å². The average molecular weight is 1110 g/mol. The molecule has 5 rings (SSSR count). The van der Waals surface area contributed by atoms with E-state index in [4.69, 9.17) is 9.94 Å². The summed E-state index contributed by atoms with van der Waals surface area (Å²) in [5.74, 6) is -8.93. The summed E-state index contributed by atoms with van der Waals surface area (Å²) in [5.41, 5.74) is 3.21. The number of benzene rings is 3. The van der Waals surface area contributed by atoms with Crippen LogP contribution in [0.4, 0.5) is 4.79 Å². The number of carboxylic acid groups (broad SMARTS) is 6. The number of carbonyl (C=O) groups is 10. The molecule has 3 atom stereocenters. The van der Waals surface area contributed by atoms with Gasteiger partial charge >= 0.3 is 41.8 Å². The fourth-order valence-electron chi connectivity index (χ4n) is 9.84. The molecule has 1 heterocycles. The predicted octanol–water partition coefficient (Wildman–Crippen LogP) is 0.707. The van der Waals surface area contributed by atoms with Crippen LogP contribution in [-0.4, -0.2) is 220 Å². The Morgan fingerprint density at radius 2 is 1.00 bits per heavy atom. The highest BCUT2D eigenvalue weighted by Gasteiger charge is 2.32. The number of carboxylic acids is 6. The molecular formula is C53H73N9O17. The topological polar surface area (TPSA) is 374 Å². The van der Waals surface area contributed by atoms with Crippen molar-refractivity contribution >= 4 is 81.1 Å². The third-order valence-electron chi connectivity index (χ3n) is 14.1. The van der Waals surface area contributed by atoms with Crippen molar-refractivity contribution in [2.45, 2.75) is 82.3 Å². The van der Waals surface area contributed by atoms with Gasteiger partial charge in [-0.05, 0) is 90.5 Å². The van der Waals surface area contributed by atoms with E-state index in [0.717, 1.165) is 27.1 Å². The molecule has 1 aliphatic heterocycles. The highest BCUT2D eigenvalue weighted by molar-refractivity contribution is 6.03. The molecule has 0 unspecified atom stereocenters. The summed E-state index contributed by atoms with van der Waals surface area (Å²) in [4.78, 5) is 136. The monoisotopic (exact) mass is 1110 g/mol. The van der Waals surface area contributed by atoms with Crippen LogP contribution in [0.1, 0.15) is 63.4 Å². The van der Waals surface area contributed by atoms with Crippen LogP contribution in [0.3, 0.4) is 0 Å². The molecule has 11 N–H and O–H groups in total. The molecule has 0 spiro atoms. The summed E-state index contributed by atoms with van der Waals surface area (Å²) in [5, 5.41) is 70.6. The van der Waals surface area contributed by atoms with E-state index in [2.05, 4.69) is 26.7 Å². The first-order valence-corrected chi connectivity index (χ1v) is 26.4. The molecule has 26 nitrogen and oxygen atoms in total. The van der Waals surface area contributed by atoms with Gasteiger partial charge in [0.15, 0.2) is 0 Å². The lowest BCUT2D eigenvalue weighted by Gasteiger charge is -2.33. The molecule has 3 aromatic carbocycles. The number of fused-ring (bicyclic) bond motifs is 2. The fourth-order valence-corrected chi connectivity index (χ4v) is 9.84. The fraction of sp³-hybridized carbons (Fsp3) is 0.547. The second-order valence-electron chi connectivity index (χ2n) is 20.0. The number of nitrogens with zero attached hydrogens (tertiary/aromatic N) is 4. The second-order valence-corrected chi connectivity index (χ2v) is 20.0. The van der Waals surface area contributed by atoms with E-state index >= 15 is 0 Å². The summed E-state index contributed by atoms with van der Waals surface area (Å²) in [6.07, 6.45) is 1.41. The van der Waals surface area contributed by atoms with Gasteiger partial charge in [0.25, 0.3) is 5.91 Å². The van der Waals surface area contributed by atoms with Crippen molar-refractivity contribution in [3.05, 3.63) is 60.2 Å². The molecule has 1 saturated heterocycles. The van der Waals surface area contributed by atoms with Crippen LogP contribution in [0.15, 0.2) is 54.6 Å². The van der Waals surface area contributed by atoms with Crippen LogP contribution in [0.2, 0.25) is 0 Å². The Balaban J connectivity index is 1.17. The number of hydrogen-bond donors (Lipinski definition) is 11. The van der Waals surface area contributed by atoms with Crippen molar-refractivity contribution in [1.29, 1.82) is 0 Å². The minimum Gasteiger partial charge on any atom is -0.481 e. The molecule has 3 aromatic rings. The van der Waals surface area contributed by atoms with E-state index < -0.39 is 71.8 Å². The number of amides is 5. The third-order valence-corrected chi connectivity index (χ3v) is 14.1. The summed E-state index contributed by atoms with van der Waals surface area (Å²) in [6.45, 7) is 1.28. The Kier molecular flexibility index (Phi) is 25.1. The number of urea groups is 1. The Morgan fingerprint density at radius 1 is 0.544 bits per heavy atom. The summed E-state index contributed by atoms with van der Waals surface area (Å²) in [6, 6.07) is 12.2. The maximum atomic E-state index is 14.1. The van der Waals surface area contributed by atoms with Crippen LogP contribution >= 0.6 is 0 Å². The quantitative estimate of drug-likeness (QED) is 0.0271. The van der Waals surface area contributed by atoms with Crippen molar-refractivity contribution in [2.24, 2.45) is 11.8 Å². The van der Waals surface area contributed by atoms with Gasteiger partial charge in [-0.3, -0.25) is 58.0 Å². The van der Waals surface area contributed by atoms with Crippen molar-refractivity contribution in [3.8, 4) is 0 Å². The van der Waals surface area contributed by atoms with Crippen molar-refractivity contribution < 1.29 is 83.4 Å². The zero-order valence-corrected chi connectivity index (χ0v) is 44.0. The van der Waals surface area contributed by atoms with Gasteiger partial charge < -0.3 is 51.9 Å². The van der Waals surface area contributed by atoms with E-state index in [0.29, 0.717) is 32.2 Å². The number of nitrogens with one attached hydrogen (secondary N) is 5. The molecule has 0 bridgehead atoms. The maximum Gasteiger partial charge on any atom is 0.326 e. The van der Waals surface area contributed by atoms with E-state index in [-0.39, 0.29) is 141 Å². The first-order chi connectivity index (χ1) is 37.7. The molecule has 1 aliphatic carbocycles. The normalized spacial score (nSPS) is 18.4. The highest BCUT2D eigenvalue weighted by atomic mass is 16.7. The number of hydroxylamine groups is 1. The van der Waals surface area contributed by atoms with E-state index in [1.807, 2.05) is 59.5 Å². The van der Waals surface area contributed by atoms with E-state index in [9.17, 15) is 73.5 Å². The first kappa shape index (κ1) is 62.3. The number of carbonyl (C=O) groups excluding carboxylic acids is 4. The zero-order chi connectivity index (χ0) is 57.4. The average Bonchev–Trinajstić information content (AvgIpc) is 3.39. The SMILES string of the molecule is O=C(O)CCC[C@H](NC(=O)N[C@@H](CCCONC(=O)[C@H](Cc1c2ccccc2cc2ccccc12)NC(=O)[C@H]1CC[C@H](CNC(=O)CN2CCN(CC(=O)O)CCN(CC(=O)O)CCN(CC(=O)O)CC2)CC1)C(=O)O)C(=O)O. The molecule has 2 aliphatic rings. The Morgan fingerprint density at radius 3 is 1.46 bits per heavy atom. The van der Waals surface area contributed by atoms with Gasteiger partial charge in [0.2, 0.25) is 11.8 Å². The zero-order valence-electron chi connectivity index (χ0n) is 44.0. The lowest BCUT2D eigenvalue weighted by molar-refractivity contribution is -0.141. The predicted molar refractivity (Wildman–Crippen MR) is 284 cm³/mol. The van der Waals surface area contributed by atoms with E-state index in [1.165, 1.54) is 0 Å². The third kappa shape index (κ3) is 21.7. The van der Waals surface area contributed by atoms with Crippen molar-refractivity contribution in [2.75, 3.05) is 91.7 Å². The molecule has 79 heavy (non-hydrogen) atoms. The summed E-state index contributed by atoms with van der Waals surface area (Å²) >= 11 is 0. The van der Waals surface area contributed by atoms with Gasteiger partial charge in [-0.1, -0.05) is 48.5 Å². The molecule has 1 saturated carbocycles. The molecule has 2 fully saturated rings. The number of aliphatic carboxylic acids is 6. The largest absolute Gasteiger partial charge is 0.481 e. The van der Waals surface area contributed by atoms with E-state index in [1.54, 1.807) is 14.7 Å². The Labute approximate surface area is 455 Å². The summed E-state index contributed by atoms with van der Waals surface area (Å²) in [7, 11) is 0. The van der Waals surface area contributed by atoms with Crippen LogP contribution in [0.25, 0.3) is 21.5 Å². The molecule has 26 heteroatoms. The van der Waals surface area contributed by atoms with Crippen molar-refractivity contribution in [1.82, 2.24) is 46.3 Å². The van der Waals surface area contributed by atoms with Crippen LogP contribution < -0.4 is 26.7 Å². The molecular weight excluding hydrogens is 1030 g/mol. The standard InChI is InChI=1S/C53H73N9O17/c63-44(30-59-18-20-60(31-46(66)67)22-24-62(33-48(70)71)25-23-61(21-19-59)32-47(68)69)54-29-34-14-16-35(17-15-34)49(72)55-43(28-40-38-9-3-1-7-36(38)27-37-8-2-4-10-39(37)40)50(73)58-79-26-6-12-42(52(76)77)57-53(78)56-41(51(74)75)11-5-13-45(64)65/h1-4,7-10,27,34-35,41-43H,5-6,11-26,28-33H2,(H,54,63)(H,55,72)(H,58,73)(H,64,65)(H,66,67)(H,68,69)(H,70,71)(H,74,75)(H,76,77)(H2,56,57,78)/t34-,35-,41-,42-,43-/m0/s1. The lowest BCUT2D eigenvalue weighted by atomic mass is 9.81.